The molecule has 1 saturated heterocycles. The summed E-state index contributed by atoms with van der Waals surface area (Å²) in [5.41, 5.74) is 1.10. The maximum Gasteiger partial charge on any atom is 0.303 e. The van der Waals surface area contributed by atoms with Gasteiger partial charge < -0.3 is 10.0 Å². The maximum atomic E-state index is 10.7. The molecule has 1 aliphatic rings. The first-order valence-electron chi connectivity index (χ1n) is 7.49. The third kappa shape index (κ3) is 4.28. The summed E-state index contributed by atoms with van der Waals surface area (Å²) < 4.78 is 0. The number of aromatic nitrogens is 1. The molecule has 5 heteroatoms. The molecule has 2 rings (SSSR count). The Balaban J connectivity index is 1.97. The second-order valence-corrected chi connectivity index (χ2v) is 6.93. The van der Waals surface area contributed by atoms with Crippen molar-refractivity contribution in [3.63, 3.8) is 0 Å². The molecule has 2 heterocycles. The number of hydrogen-bond acceptors (Lipinski definition) is 4. The first kappa shape index (κ1) is 15.4. The summed E-state index contributed by atoms with van der Waals surface area (Å²) in [6.07, 6.45) is 4.45. The fourth-order valence-corrected chi connectivity index (χ4v) is 3.84. The largest absolute Gasteiger partial charge is 0.481 e. The summed E-state index contributed by atoms with van der Waals surface area (Å²) in [7, 11) is 0. The molecule has 1 aromatic rings. The van der Waals surface area contributed by atoms with Crippen LogP contribution >= 0.6 is 11.3 Å². The number of carboxylic acids is 1. The van der Waals surface area contributed by atoms with E-state index in [1.54, 1.807) is 11.3 Å². The molecule has 0 aliphatic carbocycles. The van der Waals surface area contributed by atoms with E-state index in [9.17, 15) is 4.79 Å². The third-order valence-electron chi connectivity index (χ3n) is 3.73. The predicted octanol–water partition coefficient (Wildman–Crippen LogP) is 2.92. The van der Waals surface area contributed by atoms with Gasteiger partial charge in [-0.1, -0.05) is 13.8 Å². The molecule has 1 aliphatic heterocycles. The average molecular weight is 296 g/mol. The highest BCUT2D eigenvalue weighted by Gasteiger charge is 2.17. The van der Waals surface area contributed by atoms with Gasteiger partial charge >= 0.3 is 5.97 Å². The van der Waals surface area contributed by atoms with Gasteiger partial charge in [0.25, 0.3) is 0 Å². The summed E-state index contributed by atoms with van der Waals surface area (Å²) in [5, 5.41) is 10.0. The zero-order valence-corrected chi connectivity index (χ0v) is 13.2. The zero-order chi connectivity index (χ0) is 14.5. The van der Waals surface area contributed by atoms with Crippen LogP contribution in [-0.2, 0) is 17.6 Å². The summed E-state index contributed by atoms with van der Waals surface area (Å²) >= 11 is 1.71. The van der Waals surface area contributed by atoms with Gasteiger partial charge in [-0.3, -0.25) is 4.79 Å². The van der Waals surface area contributed by atoms with Crippen LogP contribution in [0, 0.1) is 0 Å². The Morgan fingerprint density at radius 3 is 2.65 bits per heavy atom. The Bertz CT molecular complexity index is 451. The highest BCUT2D eigenvalue weighted by molar-refractivity contribution is 7.11. The highest BCUT2D eigenvalue weighted by atomic mass is 32.1. The fourth-order valence-electron chi connectivity index (χ4n) is 2.63. The number of thiazole rings is 1. The Hall–Kier alpha value is -0.940. The van der Waals surface area contributed by atoms with E-state index in [2.05, 4.69) is 18.7 Å². The van der Waals surface area contributed by atoms with Crippen LogP contribution in [0.4, 0.5) is 0 Å². The smallest absolute Gasteiger partial charge is 0.303 e. The van der Waals surface area contributed by atoms with Gasteiger partial charge in [-0.15, -0.1) is 11.3 Å². The molecular formula is C15H24N2O2S. The van der Waals surface area contributed by atoms with Gasteiger partial charge in [0.2, 0.25) is 0 Å². The minimum Gasteiger partial charge on any atom is -0.481 e. The molecule has 1 aromatic heterocycles. The van der Waals surface area contributed by atoms with Gasteiger partial charge in [0.1, 0.15) is 0 Å². The standard InChI is InChI=1S/C15H24N2O2S/c1-11(2)15-12(5-6-14(18)19)20-13(16-15)7-10-17-8-3-4-9-17/h11H,3-10H2,1-2H3,(H,18,19). The topological polar surface area (TPSA) is 53.4 Å². The summed E-state index contributed by atoms with van der Waals surface area (Å²) in [4.78, 5) is 19.1. The van der Waals surface area contributed by atoms with Crippen molar-refractivity contribution >= 4 is 17.3 Å². The quantitative estimate of drug-likeness (QED) is 0.840. The lowest BCUT2D eigenvalue weighted by molar-refractivity contribution is -0.136. The summed E-state index contributed by atoms with van der Waals surface area (Å²) in [5.74, 6) is -0.359. The van der Waals surface area contributed by atoms with Crippen molar-refractivity contribution in [2.45, 2.75) is 51.9 Å². The maximum absolute atomic E-state index is 10.7. The van der Waals surface area contributed by atoms with E-state index in [0.29, 0.717) is 12.3 Å². The SMILES string of the molecule is CC(C)c1nc(CCN2CCCC2)sc1CCC(=O)O. The van der Waals surface area contributed by atoms with Crippen molar-refractivity contribution in [1.29, 1.82) is 0 Å². The molecule has 0 aromatic carbocycles. The second kappa shape index (κ2) is 7.18. The molecule has 0 saturated carbocycles. The molecule has 0 radical (unpaired) electrons. The van der Waals surface area contributed by atoms with Crippen LogP contribution < -0.4 is 0 Å². The molecule has 1 N–H and O–H groups in total. The number of nitrogens with zero attached hydrogens (tertiary/aromatic N) is 2. The molecule has 0 amide bonds. The number of likely N-dealkylation sites (tertiary alicyclic amines) is 1. The van der Waals surface area contributed by atoms with E-state index in [1.165, 1.54) is 35.8 Å². The minimum atomic E-state index is -0.730. The average Bonchev–Trinajstić information content (AvgIpc) is 3.03. The summed E-state index contributed by atoms with van der Waals surface area (Å²) in [6, 6.07) is 0. The lowest BCUT2D eigenvalue weighted by Gasteiger charge is -2.12. The fraction of sp³-hybridized carbons (Fsp3) is 0.733. The van der Waals surface area contributed by atoms with Crippen LogP contribution in [0.2, 0.25) is 0 Å². The minimum absolute atomic E-state index is 0.202. The van der Waals surface area contributed by atoms with Crippen LogP contribution in [-0.4, -0.2) is 40.6 Å². The number of hydrogen-bond donors (Lipinski definition) is 1. The zero-order valence-electron chi connectivity index (χ0n) is 12.4. The van der Waals surface area contributed by atoms with Gasteiger partial charge in [0.05, 0.1) is 17.1 Å². The summed E-state index contributed by atoms with van der Waals surface area (Å²) in [6.45, 7) is 7.78. The van der Waals surface area contributed by atoms with Crippen molar-refractivity contribution in [3.8, 4) is 0 Å². The molecule has 1 fully saturated rings. The van der Waals surface area contributed by atoms with Crippen molar-refractivity contribution in [2.24, 2.45) is 0 Å². The molecule has 112 valence electrons. The van der Waals surface area contributed by atoms with Crippen LogP contribution in [0.25, 0.3) is 0 Å². The number of carbonyl (C=O) groups is 1. The van der Waals surface area contributed by atoms with Crippen LogP contribution in [0.5, 0.6) is 0 Å². The monoisotopic (exact) mass is 296 g/mol. The Kier molecular flexibility index (Phi) is 5.54. The van der Waals surface area contributed by atoms with E-state index in [1.807, 2.05) is 0 Å². The van der Waals surface area contributed by atoms with Gasteiger partial charge in [-0.05, 0) is 38.3 Å². The Morgan fingerprint density at radius 1 is 1.35 bits per heavy atom. The number of carboxylic acid groups (broad SMARTS) is 1. The first-order valence-corrected chi connectivity index (χ1v) is 8.30. The lowest BCUT2D eigenvalue weighted by atomic mass is 10.1. The van der Waals surface area contributed by atoms with Crippen LogP contribution in [0.3, 0.4) is 0 Å². The van der Waals surface area contributed by atoms with E-state index >= 15 is 0 Å². The van der Waals surface area contributed by atoms with E-state index in [4.69, 9.17) is 10.1 Å². The first-order chi connectivity index (χ1) is 9.56. The molecular weight excluding hydrogens is 272 g/mol. The van der Waals surface area contributed by atoms with Crippen molar-refractivity contribution in [1.82, 2.24) is 9.88 Å². The van der Waals surface area contributed by atoms with E-state index < -0.39 is 5.97 Å². The van der Waals surface area contributed by atoms with E-state index in [0.717, 1.165) is 18.7 Å². The molecule has 4 nitrogen and oxygen atoms in total. The lowest BCUT2D eigenvalue weighted by Crippen LogP contribution is -2.21. The molecule has 0 unspecified atom stereocenters. The number of aryl methyl sites for hydroxylation is 1. The van der Waals surface area contributed by atoms with Crippen molar-refractivity contribution in [2.75, 3.05) is 19.6 Å². The van der Waals surface area contributed by atoms with Crippen molar-refractivity contribution in [3.05, 3.63) is 15.6 Å². The van der Waals surface area contributed by atoms with Crippen LogP contribution in [0.1, 0.15) is 54.6 Å². The van der Waals surface area contributed by atoms with Crippen molar-refractivity contribution < 1.29 is 9.90 Å². The highest BCUT2D eigenvalue weighted by Crippen LogP contribution is 2.27. The molecule has 0 spiro atoms. The van der Waals surface area contributed by atoms with E-state index in [-0.39, 0.29) is 6.42 Å². The van der Waals surface area contributed by atoms with Gasteiger partial charge in [-0.25, -0.2) is 4.98 Å². The Morgan fingerprint density at radius 2 is 2.05 bits per heavy atom. The number of rotatable bonds is 7. The molecule has 20 heavy (non-hydrogen) atoms. The van der Waals surface area contributed by atoms with Gasteiger partial charge in [-0.2, -0.15) is 0 Å². The third-order valence-corrected chi connectivity index (χ3v) is 4.92. The Labute approximate surface area is 124 Å². The van der Waals surface area contributed by atoms with Gasteiger partial charge in [0, 0.05) is 17.8 Å². The predicted molar refractivity (Wildman–Crippen MR) is 81.5 cm³/mol. The molecule has 0 atom stereocenters. The second-order valence-electron chi connectivity index (χ2n) is 5.76. The molecule has 0 bridgehead atoms. The normalized spacial score (nSPS) is 16.1. The van der Waals surface area contributed by atoms with Crippen LogP contribution in [0.15, 0.2) is 0 Å². The van der Waals surface area contributed by atoms with Gasteiger partial charge in [0.15, 0.2) is 0 Å². The number of aliphatic carboxylic acids is 1.